The Hall–Kier alpha value is -2.74. The molecule has 2 bridgehead atoms. The molecule has 5 rings (SSSR count). The molecule has 0 aliphatic carbocycles. The zero-order valence-electron chi connectivity index (χ0n) is 15.7. The van der Waals surface area contributed by atoms with Crippen molar-refractivity contribution in [2.75, 3.05) is 9.80 Å². The maximum Gasteiger partial charge on any atom is 0.129 e. The molecule has 0 amide bonds. The maximum absolute atomic E-state index is 2.57. The molecule has 0 atom stereocenters. The minimum atomic E-state index is 0.265. The fourth-order valence-electron chi connectivity index (χ4n) is 4.48. The molecule has 0 aromatic heterocycles. The number of hydrogen-bond donors (Lipinski definition) is 0. The second kappa shape index (κ2) is 5.63. The Labute approximate surface area is 155 Å². The predicted octanol–water partition coefficient (Wildman–Crippen LogP) is 5.65. The molecule has 2 nitrogen and oxygen atoms in total. The first-order chi connectivity index (χ1) is 12.6. The summed E-state index contributed by atoms with van der Waals surface area (Å²) >= 11 is 0. The van der Waals surface area contributed by atoms with Crippen molar-refractivity contribution in [1.29, 1.82) is 0 Å². The molecule has 2 heteroatoms. The molecule has 0 saturated heterocycles. The van der Waals surface area contributed by atoms with Gasteiger partial charge in [-0.1, -0.05) is 65.2 Å². The summed E-state index contributed by atoms with van der Waals surface area (Å²) in [5.41, 5.74) is 11.0. The zero-order chi connectivity index (χ0) is 17.8. The van der Waals surface area contributed by atoms with Crippen LogP contribution in [0.25, 0.3) is 0 Å². The first-order valence-corrected chi connectivity index (χ1v) is 9.39. The Kier molecular flexibility index (Phi) is 3.36. The van der Waals surface area contributed by atoms with Gasteiger partial charge < -0.3 is 9.80 Å². The Balaban J connectivity index is 1.70. The highest BCUT2D eigenvalue weighted by molar-refractivity contribution is 5.70. The van der Waals surface area contributed by atoms with E-state index in [0.29, 0.717) is 0 Å². The van der Waals surface area contributed by atoms with E-state index >= 15 is 0 Å². The van der Waals surface area contributed by atoms with Crippen molar-refractivity contribution in [2.24, 2.45) is 0 Å². The van der Waals surface area contributed by atoms with Gasteiger partial charge in [0.2, 0.25) is 0 Å². The summed E-state index contributed by atoms with van der Waals surface area (Å²) in [5, 5.41) is 0. The number of benzene rings is 3. The molecule has 0 radical (unpaired) electrons. The van der Waals surface area contributed by atoms with Crippen LogP contribution in [0.5, 0.6) is 0 Å². The van der Waals surface area contributed by atoms with Gasteiger partial charge in [0.25, 0.3) is 0 Å². The lowest BCUT2D eigenvalue weighted by Crippen LogP contribution is -2.49. The molecule has 0 unspecified atom stereocenters. The summed E-state index contributed by atoms with van der Waals surface area (Å²) in [6, 6.07) is 22.8. The van der Waals surface area contributed by atoms with E-state index in [4.69, 9.17) is 0 Å². The third kappa shape index (κ3) is 2.33. The van der Waals surface area contributed by atoms with Crippen molar-refractivity contribution in [3.63, 3.8) is 0 Å². The molecular weight excluding hydrogens is 316 g/mol. The lowest BCUT2D eigenvalue weighted by Gasteiger charge is -2.51. The topological polar surface area (TPSA) is 6.48 Å². The van der Waals surface area contributed by atoms with Gasteiger partial charge in [-0.15, -0.1) is 0 Å². The van der Waals surface area contributed by atoms with Gasteiger partial charge in [0, 0.05) is 24.5 Å². The zero-order valence-corrected chi connectivity index (χ0v) is 15.7. The first kappa shape index (κ1) is 15.5. The molecule has 2 aliphatic heterocycles. The van der Waals surface area contributed by atoms with Crippen LogP contribution in [0.15, 0.2) is 60.7 Å². The van der Waals surface area contributed by atoms with Crippen LogP contribution in [0.4, 0.5) is 11.4 Å². The molecule has 3 aromatic carbocycles. The van der Waals surface area contributed by atoms with Crippen LogP contribution in [0.1, 0.15) is 39.5 Å². The van der Waals surface area contributed by atoms with Crippen LogP contribution >= 0.6 is 0 Å². The monoisotopic (exact) mass is 340 g/mol. The van der Waals surface area contributed by atoms with E-state index in [1.54, 1.807) is 0 Å². The summed E-state index contributed by atoms with van der Waals surface area (Å²) in [6.45, 7) is 8.45. The number of nitrogens with zero attached hydrogens (tertiary/aromatic N) is 2. The second-order valence-corrected chi connectivity index (χ2v) is 7.80. The number of rotatable bonds is 1. The third-order valence-corrected chi connectivity index (χ3v) is 5.74. The minimum Gasteiger partial charge on any atom is -0.343 e. The highest BCUT2D eigenvalue weighted by atomic mass is 15.4. The summed E-state index contributed by atoms with van der Waals surface area (Å²) < 4.78 is 0. The average molecular weight is 340 g/mol. The lowest BCUT2D eigenvalue weighted by atomic mass is 9.93. The van der Waals surface area contributed by atoms with Gasteiger partial charge in [0.1, 0.15) is 6.17 Å². The number of aryl methyl sites for hydroxylation is 3. The van der Waals surface area contributed by atoms with Gasteiger partial charge in [-0.05, 0) is 49.6 Å². The molecule has 0 N–H and O–H groups in total. The van der Waals surface area contributed by atoms with Gasteiger partial charge >= 0.3 is 0 Å². The smallest absolute Gasteiger partial charge is 0.129 e. The van der Waals surface area contributed by atoms with Crippen molar-refractivity contribution in [2.45, 2.75) is 40.0 Å². The largest absolute Gasteiger partial charge is 0.343 e. The van der Waals surface area contributed by atoms with E-state index in [0.717, 1.165) is 13.1 Å². The van der Waals surface area contributed by atoms with E-state index in [1.165, 1.54) is 44.8 Å². The lowest BCUT2D eigenvalue weighted by molar-refractivity contribution is 0.519. The standard InChI is InChI=1S/C24H24N2/c1-16-4-8-19(9-5-16)24-25-14-20-12-17(2)6-10-22(20)26(24)15-21-13-18(3)7-11-23(21)25/h4-13,24H,14-15H2,1-3H3. The maximum atomic E-state index is 2.57. The van der Waals surface area contributed by atoms with E-state index in [9.17, 15) is 0 Å². The highest BCUT2D eigenvalue weighted by Crippen LogP contribution is 2.47. The Morgan fingerprint density at radius 3 is 1.58 bits per heavy atom. The molecule has 0 spiro atoms. The second-order valence-electron chi connectivity index (χ2n) is 7.80. The minimum absolute atomic E-state index is 0.265. The van der Waals surface area contributed by atoms with E-state index in [1.807, 2.05) is 0 Å². The molecule has 0 fully saturated rings. The molecule has 130 valence electrons. The van der Waals surface area contributed by atoms with E-state index in [-0.39, 0.29) is 6.17 Å². The Morgan fingerprint density at radius 1 is 0.615 bits per heavy atom. The molecule has 2 aliphatic rings. The summed E-state index contributed by atoms with van der Waals surface area (Å²) in [4.78, 5) is 5.15. The third-order valence-electron chi connectivity index (χ3n) is 5.74. The normalized spacial score (nSPS) is 15.7. The number of hydrogen-bond acceptors (Lipinski definition) is 2. The van der Waals surface area contributed by atoms with Crippen molar-refractivity contribution in [1.82, 2.24) is 0 Å². The average Bonchev–Trinajstić information content (AvgIpc) is 2.62. The highest BCUT2D eigenvalue weighted by Gasteiger charge is 2.38. The fraction of sp³-hybridized carbons (Fsp3) is 0.250. The van der Waals surface area contributed by atoms with Crippen LogP contribution in [0.3, 0.4) is 0 Å². The van der Waals surface area contributed by atoms with Crippen molar-refractivity contribution >= 4 is 11.4 Å². The first-order valence-electron chi connectivity index (χ1n) is 9.39. The molecule has 2 heterocycles. The van der Waals surface area contributed by atoms with Gasteiger partial charge in [0.15, 0.2) is 0 Å². The van der Waals surface area contributed by atoms with Gasteiger partial charge in [-0.2, -0.15) is 0 Å². The summed E-state index contributed by atoms with van der Waals surface area (Å²) in [6.07, 6.45) is 0.265. The Bertz CT molecular complexity index is 928. The SMILES string of the molecule is Cc1ccc(C2N3Cc4cc(C)ccc4N2Cc2cc(C)ccc23)cc1. The van der Waals surface area contributed by atoms with Crippen LogP contribution < -0.4 is 9.80 Å². The summed E-state index contributed by atoms with van der Waals surface area (Å²) in [7, 11) is 0. The van der Waals surface area contributed by atoms with Crippen molar-refractivity contribution in [3.05, 3.63) is 94.0 Å². The molecule has 26 heavy (non-hydrogen) atoms. The van der Waals surface area contributed by atoms with Gasteiger partial charge in [-0.25, -0.2) is 0 Å². The van der Waals surface area contributed by atoms with Crippen molar-refractivity contribution in [3.8, 4) is 0 Å². The van der Waals surface area contributed by atoms with Crippen LogP contribution in [-0.2, 0) is 13.1 Å². The van der Waals surface area contributed by atoms with E-state index in [2.05, 4.69) is 91.2 Å². The van der Waals surface area contributed by atoms with Crippen LogP contribution in [0.2, 0.25) is 0 Å². The number of fused-ring (bicyclic) bond motifs is 6. The quantitative estimate of drug-likeness (QED) is 0.565. The van der Waals surface area contributed by atoms with Crippen LogP contribution in [0, 0.1) is 20.8 Å². The van der Waals surface area contributed by atoms with Crippen LogP contribution in [-0.4, -0.2) is 0 Å². The van der Waals surface area contributed by atoms with Gasteiger partial charge in [-0.3, -0.25) is 0 Å². The summed E-state index contributed by atoms with van der Waals surface area (Å²) in [5.74, 6) is 0. The predicted molar refractivity (Wildman–Crippen MR) is 109 cm³/mol. The molecule has 0 saturated carbocycles. The molecular formula is C24H24N2. The van der Waals surface area contributed by atoms with Crippen molar-refractivity contribution < 1.29 is 0 Å². The number of anilines is 2. The van der Waals surface area contributed by atoms with Gasteiger partial charge in [0.05, 0.1) is 0 Å². The van der Waals surface area contributed by atoms with E-state index < -0.39 is 0 Å². The fourth-order valence-corrected chi connectivity index (χ4v) is 4.48. The molecule has 3 aromatic rings. The Morgan fingerprint density at radius 2 is 1.08 bits per heavy atom.